The summed E-state index contributed by atoms with van der Waals surface area (Å²) in [5, 5.41) is 36.0. The van der Waals surface area contributed by atoms with Crippen LogP contribution in [0.2, 0.25) is 0 Å². The molecule has 0 unspecified atom stereocenters. The molecule has 0 aliphatic carbocycles. The predicted molar refractivity (Wildman–Crippen MR) is 37.5 cm³/mol. The molecule has 0 amide bonds. The van der Waals surface area contributed by atoms with Crippen molar-refractivity contribution in [2.45, 2.75) is 0 Å². The Morgan fingerprint density at radius 1 is 1.00 bits per heavy atom. The molecule has 74 valence electrons. The smallest absolute Gasteiger partial charge is 0.459 e. The van der Waals surface area contributed by atoms with Gasteiger partial charge in [-0.25, -0.2) is 0 Å². The van der Waals surface area contributed by atoms with Gasteiger partial charge in [-0.15, -0.1) is 0 Å². The first-order valence-electron chi connectivity index (χ1n) is 2.91. The van der Waals surface area contributed by atoms with E-state index in [1.54, 1.807) is 0 Å². The van der Waals surface area contributed by atoms with Gasteiger partial charge < -0.3 is 20.2 Å². The third kappa shape index (κ3) is 2.75. The van der Waals surface area contributed by atoms with Gasteiger partial charge in [0.2, 0.25) is 0 Å². The van der Waals surface area contributed by atoms with E-state index < -0.39 is 32.1 Å². The Labute approximate surface area is 123 Å². The minimum Gasteiger partial charge on any atom is -0.459 e. The van der Waals surface area contributed by atoms with Crippen molar-refractivity contribution in [3.63, 3.8) is 0 Å². The minimum absolute atomic E-state index is 0. The third-order valence-corrected chi connectivity index (χ3v) is 1.19. The second kappa shape index (κ2) is 5.22. The fourth-order valence-corrected chi connectivity index (χ4v) is 0.699. The Morgan fingerprint density at radius 2 is 1.53 bits per heavy atom. The van der Waals surface area contributed by atoms with Crippen LogP contribution in [0.1, 0.15) is 0 Å². The summed E-state index contributed by atoms with van der Waals surface area (Å²) >= 11 is 0. The molecule has 0 spiro atoms. The van der Waals surface area contributed by atoms with Gasteiger partial charge in [0.25, 0.3) is 5.82 Å². The van der Waals surface area contributed by atoms with Crippen molar-refractivity contribution in [1.29, 1.82) is 0 Å². The molecule has 1 aromatic rings. The Hall–Kier alpha value is -0.954. The van der Waals surface area contributed by atoms with Crippen LogP contribution in [0, 0.1) is 30.3 Å². The molecule has 1 rings (SSSR count). The molecule has 0 saturated carbocycles. The molecule has 0 aliphatic heterocycles. The van der Waals surface area contributed by atoms with Crippen LogP contribution in [0.5, 0.6) is 0 Å². The summed E-state index contributed by atoms with van der Waals surface area (Å²) in [7, 11) is 0. The molecule has 0 aliphatic rings. The number of hydrogen-bond donors (Lipinski definition) is 0. The van der Waals surface area contributed by atoms with E-state index in [9.17, 15) is 30.3 Å². The van der Waals surface area contributed by atoms with Gasteiger partial charge in [0.05, 0.1) is 10.0 Å². The zero-order valence-electron chi connectivity index (χ0n) is 7.19. The quantitative estimate of drug-likeness (QED) is 0.303. The molecule has 0 saturated heterocycles. The molecule has 0 fully saturated rings. The second-order valence-corrected chi connectivity index (χ2v) is 1.97. The molecule has 1 heterocycles. The van der Waals surface area contributed by atoms with E-state index >= 15 is 0 Å². The summed E-state index contributed by atoms with van der Waals surface area (Å²) < 4.78 is 0. The van der Waals surface area contributed by atoms with Gasteiger partial charge in [0.1, 0.15) is 0 Å². The van der Waals surface area contributed by atoms with Gasteiger partial charge in [-0.3, -0.25) is 10.1 Å². The van der Waals surface area contributed by atoms with Crippen LogP contribution < -0.4 is 56.5 Å². The molecule has 0 atom stereocenters. The molecule has 0 radical (unpaired) electrons. The summed E-state index contributed by atoms with van der Waals surface area (Å²) in [6, 6.07) is 0. The van der Waals surface area contributed by atoms with Crippen LogP contribution in [-0.4, -0.2) is 19.9 Å². The van der Waals surface area contributed by atoms with Crippen molar-refractivity contribution >= 4 is 17.3 Å². The van der Waals surface area contributed by atoms with E-state index in [1.165, 1.54) is 0 Å². The van der Waals surface area contributed by atoms with Gasteiger partial charge in [-0.1, -0.05) is 0 Å². The van der Waals surface area contributed by atoms with Crippen molar-refractivity contribution in [2.75, 3.05) is 0 Å². The maximum Gasteiger partial charge on any atom is 1.00 e. The average Bonchev–Trinajstić information content (AvgIpc) is 2.46. The summed E-state index contributed by atoms with van der Waals surface area (Å²) in [5.41, 5.74) is -1.31. The number of hydrogen-bond acceptors (Lipinski definition) is 7. The van der Waals surface area contributed by atoms with Crippen LogP contribution in [0.25, 0.3) is 0 Å². The zero-order valence-corrected chi connectivity index (χ0v) is 10.3. The minimum atomic E-state index is -1.31. The van der Waals surface area contributed by atoms with Crippen molar-refractivity contribution in [3.8, 4) is 0 Å². The van der Waals surface area contributed by atoms with E-state index in [-0.39, 0.29) is 51.4 Å². The molecule has 11 nitrogen and oxygen atoms in total. The van der Waals surface area contributed by atoms with E-state index in [2.05, 4.69) is 10.2 Å². The fraction of sp³-hybridized carbons (Fsp3) is 0. The number of rotatable bonds is 3. The topological polar surface area (TPSA) is 156 Å². The average molecular weight is 241 g/mol. The molecule has 0 bridgehead atoms. The number of nitro groups is 3. The standard InChI is InChI=1S/C3N5O6.K/c9-6(10)1-2(7(11)12)4-5-3(1)8(13)14;/q-1;+1. The molecule has 0 aromatic carbocycles. The monoisotopic (exact) mass is 241 g/mol. The maximum absolute atomic E-state index is 10.2. The Balaban J connectivity index is 0.00000196. The first kappa shape index (κ1) is 14.0. The third-order valence-electron chi connectivity index (χ3n) is 1.19. The van der Waals surface area contributed by atoms with Gasteiger partial charge >= 0.3 is 62.9 Å². The fourth-order valence-electron chi connectivity index (χ4n) is 0.699. The SMILES string of the molecule is O=[N+]([O-])c1n[n-]c([N+](=O)[O-])c1[N+](=O)[O-].[K+]. The summed E-state index contributed by atoms with van der Waals surface area (Å²) in [6.45, 7) is 0. The van der Waals surface area contributed by atoms with Gasteiger partial charge in [0, 0.05) is 0 Å². The Bertz CT molecular complexity index is 395. The predicted octanol–water partition coefficient (Wildman–Crippen LogP) is -3.23. The van der Waals surface area contributed by atoms with Crippen molar-refractivity contribution in [1.82, 2.24) is 10.2 Å². The van der Waals surface area contributed by atoms with Crippen LogP contribution in [-0.2, 0) is 0 Å². The molecule has 12 heteroatoms. The van der Waals surface area contributed by atoms with Crippen LogP contribution >= 0.6 is 0 Å². The van der Waals surface area contributed by atoms with Gasteiger partial charge in [-0.2, -0.15) is 4.92 Å². The van der Waals surface area contributed by atoms with E-state index in [0.717, 1.165) is 0 Å². The molecular weight excluding hydrogens is 241 g/mol. The van der Waals surface area contributed by atoms with Gasteiger partial charge in [-0.05, 0) is 10.0 Å². The summed E-state index contributed by atoms with van der Waals surface area (Å²) in [5.74, 6) is -2.47. The molecule has 1 aromatic heterocycles. The van der Waals surface area contributed by atoms with Crippen molar-refractivity contribution in [2.24, 2.45) is 0 Å². The van der Waals surface area contributed by atoms with Crippen molar-refractivity contribution in [3.05, 3.63) is 30.3 Å². The van der Waals surface area contributed by atoms with Crippen LogP contribution in [0.15, 0.2) is 0 Å². The summed E-state index contributed by atoms with van der Waals surface area (Å²) in [6.07, 6.45) is 0. The number of aromatic nitrogens is 2. The zero-order chi connectivity index (χ0) is 10.9. The van der Waals surface area contributed by atoms with Crippen LogP contribution in [0.4, 0.5) is 17.3 Å². The molecular formula is C3KN5O6. The largest absolute Gasteiger partial charge is 1.00 e. The van der Waals surface area contributed by atoms with E-state index in [1.807, 2.05) is 0 Å². The number of nitrogens with zero attached hydrogens (tertiary/aromatic N) is 5. The first-order chi connectivity index (χ1) is 6.45. The first-order valence-corrected chi connectivity index (χ1v) is 2.91. The van der Waals surface area contributed by atoms with E-state index in [0.29, 0.717) is 0 Å². The maximum atomic E-state index is 10.2. The Morgan fingerprint density at radius 3 is 1.87 bits per heavy atom. The normalized spacial score (nSPS) is 9.07. The van der Waals surface area contributed by atoms with Crippen molar-refractivity contribution < 1.29 is 66.2 Å². The van der Waals surface area contributed by atoms with Crippen LogP contribution in [0.3, 0.4) is 0 Å². The summed E-state index contributed by atoms with van der Waals surface area (Å²) in [4.78, 5) is 26.8. The van der Waals surface area contributed by atoms with E-state index in [4.69, 9.17) is 0 Å². The molecule has 0 N–H and O–H groups in total. The molecule has 15 heavy (non-hydrogen) atoms. The van der Waals surface area contributed by atoms with Gasteiger partial charge in [0.15, 0.2) is 0 Å². The second-order valence-electron chi connectivity index (χ2n) is 1.97. The Kier molecular flexibility index (Phi) is 4.89.